The third-order valence-corrected chi connectivity index (χ3v) is 6.09. The quantitative estimate of drug-likeness (QED) is 0.604. The highest BCUT2D eigenvalue weighted by Crippen LogP contribution is 2.61. The summed E-state index contributed by atoms with van der Waals surface area (Å²) in [6.07, 6.45) is 8.46. The van der Waals surface area contributed by atoms with Crippen LogP contribution >= 0.6 is 11.6 Å². The molecule has 1 saturated heterocycles. The molecule has 1 aromatic rings. The number of pyridine rings is 1. The van der Waals surface area contributed by atoms with Crippen LogP contribution in [0.4, 0.5) is 5.82 Å². The summed E-state index contributed by atoms with van der Waals surface area (Å²) in [5, 5.41) is 7.76. The summed E-state index contributed by atoms with van der Waals surface area (Å²) in [6, 6.07) is 4.16. The van der Waals surface area contributed by atoms with Crippen molar-refractivity contribution in [3.63, 3.8) is 0 Å². The molecule has 3 aliphatic rings. The molecule has 2 saturated carbocycles. The highest BCUT2D eigenvalue weighted by molar-refractivity contribution is 6.32. The molecule has 2 heterocycles. The summed E-state index contributed by atoms with van der Waals surface area (Å²) in [5.74, 6) is 2.81. The predicted molar refractivity (Wildman–Crippen MR) is 103 cm³/mol. The van der Waals surface area contributed by atoms with Crippen LogP contribution < -0.4 is 15.5 Å². The standard InChI is InChI=1S/C19H28ClN5/c1-2-21-18(23-13-19(8-9-19)14-5-6-14)24-15-7-11-25(12-15)17-16(20)4-3-10-22-17/h3-4,10,14-15H,2,5-9,11-13H2,1H3,(H2,21,23,24). The van der Waals surface area contributed by atoms with Gasteiger partial charge < -0.3 is 15.5 Å². The fourth-order valence-corrected chi connectivity index (χ4v) is 4.22. The van der Waals surface area contributed by atoms with E-state index in [9.17, 15) is 0 Å². The van der Waals surface area contributed by atoms with Crippen molar-refractivity contribution in [2.24, 2.45) is 16.3 Å². The van der Waals surface area contributed by atoms with Crippen LogP contribution in [0.15, 0.2) is 23.3 Å². The minimum Gasteiger partial charge on any atom is -0.357 e. The lowest BCUT2D eigenvalue weighted by Crippen LogP contribution is -2.45. The molecule has 1 atom stereocenters. The summed E-state index contributed by atoms with van der Waals surface area (Å²) in [7, 11) is 0. The molecule has 25 heavy (non-hydrogen) atoms. The fourth-order valence-electron chi connectivity index (χ4n) is 3.98. The maximum Gasteiger partial charge on any atom is 0.191 e. The number of hydrogen-bond acceptors (Lipinski definition) is 3. The smallest absolute Gasteiger partial charge is 0.191 e. The molecule has 1 aliphatic heterocycles. The Morgan fingerprint density at radius 3 is 2.92 bits per heavy atom. The van der Waals surface area contributed by atoms with Crippen molar-refractivity contribution < 1.29 is 0 Å². The van der Waals surface area contributed by atoms with E-state index in [-0.39, 0.29) is 0 Å². The molecule has 1 unspecified atom stereocenters. The Morgan fingerprint density at radius 1 is 1.40 bits per heavy atom. The molecule has 5 nitrogen and oxygen atoms in total. The number of nitrogens with zero attached hydrogens (tertiary/aromatic N) is 3. The second-order valence-corrected chi connectivity index (χ2v) is 8.12. The van der Waals surface area contributed by atoms with Gasteiger partial charge in [-0.15, -0.1) is 0 Å². The molecule has 0 amide bonds. The van der Waals surface area contributed by atoms with Gasteiger partial charge >= 0.3 is 0 Å². The molecule has 2 aliphatic carbocycles. The Labute approximate surface area is 155 Å². The van der Waals surface area contributed by atoms with E-state index >= 15 is 0 Å². The van der Waals surface area contributed by atoms with E-state index in [0.717, 1.165) is 55.3 Å². The summed E-state index contributed by atoms with van der Waals surface area (Å²) in [5.41, 5.74) is 0.547. The average Bonchev–Trinajstić information content (AvgIpc) is 3.52. The van der Waals surface area contributed by atoms with E-state index in [0.29, 0.717) is 11.5 Å². The van der Waals surface area contributed by atoms with E-state index in [1.807, 2.05) is 12.1 Å². The number of halogens is 1. The summed E-state index contributed by atoms with van der Waals surface area (Å²) < 4.78 is 0. The minimum atomic E-state index is 0.381. The second kappa shape index (κ2) is 7.02. The molecule has 6 heteroatoms. The average molecular weight is 362 g/mol. The number of nitrogens with one attached hydrogen (secondary N) is 2. The van der Waals surface area contributed by atoms with Gasteiger partial charge in [-0.2, -0.15) is 0 Å². The molecule has 0 bridgehead atoms. The van der Waals surface area contributed by atoms with E-state index in [1.54, 1.807) is 6.20 Å². The normalized spacial score (nSPS) is 25.1. The summed E-state index contributed by atoms with van der Waals surface area (Å²) in [6.45, 7) is 5.88. The number of rotatable bonds is 6. The van der Waals surface area contributed by atoms with Gasteiger partial charge in [0.2, 0.25) is 0 Å². The van der Waals surface area contributed by atoms with Gasteiger partial charge in [0.05, 0.1) is 5.02 Å². The van der Waals surface area contributed by atoms with Crippen molar-refractivity contribution in [1.82, 2.24) is 15.6 Å². The monoisotopic (exact) mass is 361 g/mol. The van der Waals surface area contributed by atoms with Gasteiger partial charge in [0.15, 0.2) is 5.96 Å². The van der Waals surface area contributed by atoms with Gasteiger partial charge in [-0.1, -0.05) is 11.6 Å². The van der Waals surface area contributed by atoms with Gasteiger partial charge in [0, 0.05) is 38.4 Å². The number of aromatic nitrogens is 1. The third-order valence-electron chi connectivity index (χ3n) is 5.80. The number of anilines is 1. The molecule has 3 fully saturated rings. The van der Waals surface area contributed by atoms with Crippen LogP contribution in [0.25, 0.3) is 0 Å². The van der Waals surface area contributed by atoms with Crippen LogP contribution in [-0.4, -0.2) is 43.2 Å². The van der Waals surface area contributed by atoms with Gasteiger partial charge in [0.25, 0.3) is 0 Å². The van der Waals surface area contributed by atoms with Gasteiger partial charge in [0.1, 0.15) is 5.82 Å². The molecule has 0 radical (unpaired) electrons. The van der Waals surface area contributed by atoms with Crippen LogP contribution in [0.1, 0.15) is 39.0 Å². The first kappa shape index (κ1) is 17.0. The SMILES string of the molecule is CCNC(=NCC1(C2CC2)CC1)NC1CCN(c2ncccc2Cl)C1. The highest BCUT2D eigenvalue weighted by atomic mass is 35.5. The fraction of sp³-hybridized carbons (Fsp3) is 0.684. The Kier molecular flexibility index (Phi) is 4.76. The third kappa shape index (κ3) is 3.86. The first-order valence-electron chi connectivity index (χ1n) is 9.60. The first-order valence-corrected chi connectivity index (χ1v) is 9.98. The van der Waals surface area contributed by atoms with Crippen LogP contribution in [0.5, 0.6) is 0 Å². The van der Waals surface area contributed by atoms with Crippen molar-refractivity contribution in [2.45, 2.75) is 45.1 Å². The number of hydrogen-bond donors (Lipinski definition) is 2. The zero-order valence-corrected chi connectivity index (χ0v) is 15.7. The molecular formula is C19H28ClN5. The minimum absolute atomic E-state index is 0.381. The Morgan fingerprint density at radius 2 is 2.24 bits per heavy atom. The number of aliphatic imine (C=N–C) groups is 1. The van der Waals surface area contributed by atoms with Crippen LogP contribution in [0.2, 0.25) is 5.02 Å². The molecule has 2 N–H and O–H groups in total. The predicted octanol–water partition coefficient (Wildman–Crippen LogP) is 3.06. The van der Waals surface area contributed by atoms with Crippen molar-refractivity contribution in [3.8, 4) is 0 Å². The van der Waals surface area contributed by atoms with Gasteiger partial charge in [-0.05, 0) is 62.5 Å². The zero-order chi connectivity index (χ0) is 17.3. The highest BCUT2D eigenvalue weighted by Gasteiger charge is 2.53. The molecule has 1 aromatic heterocycles. The van der Waals surface area contributed by atoms with E-state index in [4.69, 9.17) is 16.6 Å². The van der Waals surface area contributed by atoms with Crippen LogP contribution in [0, 0.1) is 11.3 Å². The number of guanidine groups is 1. The summed E-state index contributed by atoms with van der Waals surface area (Å²) in [4.78, 5) is 11.6. The molecule has 0 spiro atoms. The lowest BCUT2D eigenvalue weighted by Gasteiger charge is -2.21. The first-order chi connectivity index (χ1) is 12.2. The Bertz CT molecular complexity index is 638. The van der Waals surface area contributed by atoms with Crippen molar-refractivity contribution in [3.05, 3.63) is 23.4 Å². The largest absolute Gasteiger partial charge is 0.357 e. The van der Waals surface area contributed by atoms with E-state index in [2.05, 4.69) is 27.4 Å². The molecule has 0 aromatic carbocycles. The van der Waals surface area contributed by atoms with Gasteiger partial charge in [-0.3, -0.25) is 4.99 Å². The van der Waals surface area contributed by atoms with E-state index < -0.39 is 0 Å². The van der Waals surface area contributed by atoms with Crippen molar-refractivity contribution in [1.29, 1.82) is 0 Å². The molecule has 4 rings (SSSR count). The van der Waals surface area contributed by atoms with Crippen molar-refractivity contribution >= 4 is 23.4 Å². The van der Waals surface area contributed by atoms with Gasteiger partial charge in [-0.25, -0.2) is 4.98 Å². The topological polar surface area (TPSA) is 52.6 Å². The summed E-state index contributed by atoms with van der Waals surface area (Å²) >= 11 is 6.29. The lowest BCUT2D eigenvalue weighted by atomic mass is 10.0. The Hall–Kier alpha value is -1.49. The van der Waals surface area contributed by atoms with E-state index in [1.165, 1.54) is 25.7 Å². The van der Waals surface area contributed by atoms with Crippen LogP contribution in [0.3, 0.4) is 0 Å². The van der Waals surface area contributed by atoms with Crippen molar-refractivity contribution in [2.75, 3.05) is 31.1 Å². The zero-order valence-electron chi connectivity index (χ0n) is 15.0. The maximum absolute atomic E-state index is 6.29. The maximum atomic E-state index is 6.29. The molecule has 136 valence electrons. The second-order valence-electron chi connectivity index (χ2n) is 7.72. The Balaban J connectivity index is 1.35. The molecular weight excluding hydrogens is 334 g/mol. The lowest BCUT2D eigenvalue weighted by molar-refractivity contribution is 0.451. The van der Waals surface area contributed by atoms with Crippen LogP contribution in [-0.2, 0) is 0 Å².